The number of rotatable bonds is 4. The fourth-order valence-corrected chi connectivity index (χ4v) is 2.45. The second kappa shape index (κ2) is 6.24. The molecule has 3 nitrogen and oxygen atoms in total. The van der Waals surface area contributed by atoms with Gasteiger partial charge in [0.2, 0.25) is 0 Å². The summed E-state index contributed by atoms with van der Waals surface area (Å²) >= 11 is 3.34. The van der Waals surface area contributed by atoms with Crippen LogP contribution in [0.5, 0.6) is 11.5 Å². The predicted octanol–water partition coefficient (Wildman–Crippen LogP) is 3.69. The molecule has 1 N–H and O–H groups in total. The van der Waals surface area contributed by atoms with Gasteiger partial charge in [0, 0.05) is 16.1 Å². The molecule has 20 heavy (non-hydrogen) atoms. The first-order chi connectivity index (χ1) is 9.58. The molecule has 106 valence electrons. The molecule has 0 aliphatic heterocycles. The third-order valence-electron chi connectivity index (χ3n) is 3.00. The molecule has 0 saturated carbocycles. The second-order valence-electron chi connectivity index (χ2n) is 4.15. The van der Waals surface area contributed by atoms with Crippen LogP contribution in [0.15, 0.2) is 40.9 Å². The molecule has 2 aromatic carbocycles. The lowest BCUT2D eigenvalue weighted by atomic mass is 10.0. The molecule has 1 atom stereocenters. The average Bonchev–Trinajstić information content (AvgIpc) is 2.46. The maximum absolute atomic E-state index is 14.1. The van der Waals surface area contributed by atoms with Gasteiger partial charge in [-0.3, -0.25) is 0 Å². The van der Waals surface area contributed by atoms with Crippen LogP contribution in [0, 0.1) is 5.82 Å². The molecule has 0 saturated heterocycles. The Morgan fingerprint density at radius 2 is 1.65 bits per heavy atom. The maximum atomic E-state index is 14.1. The summed E-state index contributed by atoms with van der Waals surface area (Å²) in [6, 6.07) is 9.77. The van der Waals surface area contributed by atoms with Crippen molar-refractivity contribution < 1.29 is 19.0 Å². The smallest absolute Gasteiger partial charge is 0.163 e. The lowest BCUT2D eigenvalue weighted by molar-refractivity contribution is 0.213. The highest BCUT2D eigenvalue weighted by atomic mass is 79.9. The fourth-order valence-electron chi connectivity index (χ4n) is 1.94. The molecule has 0 spiro atoms. The van der Waals surface area contributed by atoms with Gasteiger partial charge in [0.15, 0.2) is 11.5 Å². The number of aliphatic hydroxyl groups is 1. The van der Waals surface area contributed by atoms with Crippen molar-refractivity contribution in [1.82, 2.24) is 0 Å². The molecule has 5 heteroatoms. The highest BCUT2D eigenvalue weighted by Gasteiger charge is 2.20. The van der Waals surface area contributed by atoms with Gasteiger partial charge >= 0.3 is 0 Å². The standard InChI is InChI=1S/C15H14BrFO3/c1-19-13-7-10(12(17)8-14(13)20-2)15(18)9-5-3-4-6-11(9)16/h3-8,15,18H,1-2H3. The number of halogens is 2. The van der Waals surface area contributed by atoms with Crippen LogP contribution in [0.25, 0.3) is 0 Å². The van der Waals surface area contributed by atoms with Gasteiger partial charge in [-0.2, -0.15) is 0 Å². The van der Waals surface area contributed by atoms with Crippen molar-refractivity contribution in [2.24, 2.45) is 0 Å². The van der Waals surface area contributed by atoms with E-state index in [2.05, 4.69) is 15.9 Å². The summed E-state index contributed by atoms with van der Waals surface area (Å²) < 4.78 is 25.0. The number of methoxy groups -OCH3 is 2. The van der Waals surface area contributed by atoms with Crippen molar-refractivity contribution in [3.63, 3.8) is 0 Å². The quantitative estimate of drug-likeness (QED) is 0.922. The summed E-state index contributed by atoms with van der Waals surface area (Å²) in [5.41, 5.74) is 0.716. The Balaban J connectivity index is 2.50. The zero-order chi connectivity index (χ0) is 14.7. The molecule has 0 bridgehead atoms. The van der Waals surface area contributed by atoms with E-state index in [9.17, 15) is 9.50 Å². The maximum Gasteiger partial charge on any atom is 0.163 e. The van der Waals surface area contributed by atoms with Gasteiger partial charge in [0.1, 0.15) is 11.9 Å². The Morgan fingerprint density at radius 1 is 1.05 bits per heavy atom. The third kappa shape index (κ3) is 2.78. The Bertz CT molecular complexity index is 616. The zero-order valence-corrected chi connectivity index (χ0v) is 12.6. The van der Waals surface area contributed by atoms with Gasteiger partial charge in [-0.15, -0.1) is 0 Å². The van der Waals surface area contributed by atoms with Crippen LogP contribution in [0.2, 0.25) is 0 Å². The molecule has 1 unspecified atom stereocenters. The van der Waals surface area contributed by atoms with E-state index < -0.39 is 11.9 Å². The van der Waals surface area contributed by atoms with E-state index in [0.717, 1.165) is 0 Å². The first kappa shape index (κ1) is 14.8. The lowest BCUT2D eigenvalue weighted by Gasteiger charge is -2.16. The van der Waals surface area contributed by atoms with Crippen LogP contribution in [-0.2, 0) is 0 Å². The lowest BCUT2D eigenvalue weighted by Crippen LogP contribution is -2.05. The summed E-state index contributed by atoms with van der Waals surface area (Å²) in [5.74, 6) is 0.106. The third-order valence-corrected chi connectivity index (χ3v) is 3.72. The van der Waals surface area contributed by atoms with Gasteiger partial charge in [-0.1, -0.05) is 34.1 Å². The van der Waals surface area contributed by atoms with Crippen molar-refractivity contribution in [3.05, 3.63) is 57.8 Å². The molecule has 0 amide bonds. The van der Waals surface area contributed by atoms with Gasteiger partial charge in [-0.05, 0) is 17.7 Å². The Kier molecular flexibility index (Phi) is 4.62. The number of hydrogen-bond acceptors (Lipinski definition) is 3. The van der Waals surface area contributed by atoms with Crippen molar-refractivity contribution in [1.29, 1.82) is 0 Å². The molecule has 0 fully saturated rings. The van der Waals surface area contributed by atoms with Crippen LogP contribution in [0.3, 0.4) is 0 Å². The Labute approximate surface area is 125 Å². The van der Waals surface area contributed by atoms with E-state index in [1.54, 1.807) is 18.2 Å². The van der Waals surface area contributed by atoms with E-state index in [-0.39, 0.29) is 11.3 Å². The monoisotopic (exact) mass is 340 g/mol. The van der Waals surface area contributed by atoms with Crippen molar-refractivity contribution >= 4 is 15.9 Å². The molecule has 0 heterocycles. The summed E-state index contributed by atoms with van der Waals surface area (Å²) in [4.78, 5) is 0. The molecular weight excluding hydrogens is 327 g/mol. The minimum atomic E-state index is -1.09. The van der Waals surface area contributed by atoms with Gasteiger partial charge in [0.25, 0.3) is 0 Å². The van der Waals surface area contributed by atoms with Gasteiger partial charge in [0.05, 0.1) is 14.2 Å². The van der Waals surface area contributed by atoms with E-state index >= 15 is 0 Å². The molecular formula is C15H14BrFO3. The first-order valence-corrected chi connectivity index (χ1v) is 6.71. The average molecular weight is 341 g/mol. The summed E-state index contributed by atoms with van der Waals surface area (Å²) in [6.45, 7) is 0. The molecule has 2 aromatic rings. The second-order valence-corrected chi connectivity index (χ2v) is 5.01. The normalized spacial score (nSPS) is 12.1. The van der Waals surface area contributed by atoms with Crippen molar-refractivity contribution in [3.8, 4) is 11.5 Å². The van der Waals surface area contributed by atoms with Gasteiger partial charge < -0.3 is 14.6 Å². The summed E-state index contributed by atoms with van der Waals surface area (Å²) in [7, 11) is 2.89. The number of aliphatic hydroxyl groups excluding tert-OH is 1. The topological polar surface area (TPSA) is 38.7 Å². The number of benzene rings is 2. The van der Waals surface area contributed by atoms with E-state index in [1.807, 2.05) is 6.07 Å². The summed E-state index contributed by atoms with van der Waals surface area (Å²) in [5, 5.41) is 10.4. The minimum absolute atomic E-state index is 0.134. The Morgan fingerprint density at radius 3 is 2.25 bits per heavy atom. The van der Waals surface area contributed by atoms with E-state index in [0.29, 0.717) is 15.8 Å². The van der Waals surface area contributed by atoms with Gasteiger partial charge in [-0.25, -0.2) is 4.39 Å². The van der Waals surface area contributed by atoms with Crippen LogP contribution in [-0.4, -0.2) is 19.3 Å². The summed E-state index contributed by atoms with van der Waals surface area (Å²) in [6.07, 6.45) is -1.09. The SMILES string of the molecule is COc1cc(F)c(C(O)c2ccccc2Br)cc1OC. The van der Waals surface area contributed by atoms with Crippen molar-refractivity contribution in [2.75, 3.05) is 14.2 Å². The molecule has 0 aliphatic rings. The van der Waals surface area contributed by atoms with Crippen LogP contribution >= 0.6 is 15.9 Å². The molecule has 2 rings (SSSR count). The van der Waals surface area contributed by atoms with Crippen molar-refractivity contribution in [2.45, 2.75) is 6.10 Å². The fraction of sp³-hybridized carbons (Fsp3) is 0.200. The van der Waals surface area contributed by atoms with E-state index in [4.69, 9.17) is 9.47 Å². The molecule has 0 radical (unpaired) electrons. The number of ether oxygens (including phenoxy) is 2. The van der Waals surface area contributed by atoms with Crippen LogP contribution in [0.1, 0.15) is 17.2 Å². The predicted molar refractivity (Wildman–Crippen MR) is 77.7 cm³/mol. The van der Waals surface area contributed by atoms with Crippen LogP contribution < -0.4 is 9.47 Å². The molecule has 0 aromatic heterocycles. The largest absolute Gasteiger partial charge is 0.493 e. The molecule has 0 aliphatic carbocycles. The highest BCUT2D eigenvalue weighted by molar-refractivity contribution is 9.10. The number of hydrogen-bond donors (Lipinski definition) is 1. The Hall–Kier alpha value is -1.59. The first-order valence-electron chi connectivity index (χ1n) is 5.92. The van der Waals surface area contributed by atoms with E-state index in [1.165, 1.54) is 26.4 Å². The highest BCUT2D eigenvalue weighted by Crippen LogP contribution is 2.36. The van der Waals surface area contributed by atoms with Crippen LogP contribution in [0.4, 0.5) is 4.39 Å². The zero-order valence-electron chi connectivity index (χ0n) is 11.1. The minimum Gasteiger partial charge on any atom is -0.493 e.